The van der Waals surface area contributed by atoms with Gasteiger partial charge in [-0.1, -0.05) is 45.0 Å². The molecule has 1 amide bonds. The molecule has 0 aliphatic rings. The minimum absolute atomic E-state index is 0.147. The van der Waals surface area contributed by atoms with Gasteiger partial charge in [0.15, 0.2) is 0 Å². The average Bonchev–Trinajstić information content (AvgIpc) is 2.17. The molecule has 1 aromatic rings. The Morgan fingerprint density at radius 2 is 1.80 bits per heavy atom. The molecule has 3 nitrogen and oxygen atoms in total. The minimum atomic E-state index is -0.168. The largest absolute Gasteiger partial charge is 0.294 e. The molecule has 0 unspecified atom stereocenters. The van der Waals surface area contributed by atoms with Gasteiger partial charge in [0.25, 0.3) is 0 Å². The standard InChI is InChI=1S/C12H18N2O/c1-12(2,3)10-6-4-9(5-7-10)8-11(15)14-13/h4-7H,8,13H2,1-3H3,(H,14,15). The van der Waals surface area contributed by atoms with E-state index >= 15 is 0 Å². The van der Waals surface area contributed by atoms with Crippen LogP contribution in [0.4, 0.5) is 0 Å². The van der Waals surface area contributed by atoms with Gasteiger partial charge in [-0.2, -0.15) is 0 Å². The van der Waals surface area contributed by atoms with E-state index in [1.54, 1.807) is 0 Å². The molecule has 3 heteroatoms. The van der Waals surface area contributed by atoms with Crippen LogP contribution in [0.15, 0.2) is 24.3 Å². The highest BCUT2D eigenvalue weighted by Gasteiger charge is 2.13. The third-order valence-corrected chi connectivity index (χ3v) is 2.35. The third kappa shape index (κ3) is 3.36. The van der Waals surface area contributed by atoms with Crippen LogP contribution in [0, 0.1) is 0 Å². The van der Waals surface area contributed by atoms with Crippen molar-refractivity contribution in [2.75, 3.05) is 0 Å². The van der Waals surface area contributed by atoms with Crippen LogP contribution < -0.4 is 11.3 Å². The summed E-state index contributed by atoms with van der Waals surface area (Å²) in [6.07, 6.45) is 0.334. The summed E-state index contributed by atoms with van der Waals surface area (Å²) < 4.78 is 0. The number of hydrogen-bond donors (Lipinski definition) is 2. The van der Waals surface area contributed by atoms with E-state index in [2.05, 4.69) is 38.3 Å². The zero-order valence-corrected chi connectivity index (χ0v) is 9.50. The number of hydrogen-bond acceptors (Lipinski definition) is 2. The van der Waals surface area contributed by atoms with Gasteiger partial charge in [0.2, 0.25) is 5.91 Å². The molecule has 1 aromatic carbocycles. The van der Waals surface area contributed by atoms with Gasteiger partial charge in [-0.25, -0.2) is 5.84 Å². The molecule has 0 saturated heterocycles. The van der Waals surface area contributed by atoms with E-state index in [1.807, 2.05) is 12.1 Å². The van der Waals surface area contributed by atoms with Crippen molar-refractivity contribution in [2.45, 2.75) is 32.6 Å². The number of carbonyl (C=O) groups excluding carboxylic acids is 1. The molecule has 0 spiro atoms. The maximum absolute atomic E-state index is 11.0. The van der Waals surface area contributed by atoms with E-state index in [9.17, 15) is 4.79 Å². The van der Waals surface area contributed by atoms with E-state index in [0.29, 0.717) is 6.42 Å². The van der Waals surface area contributed by atoms with Gasteiger partial charge in [-0.05, 0) is 16.5 Å². The fourth-order valence-corrected chi connectivity index (χ4v) is 1.36. The fourth-order valence-electron chi connectivity index (χ4n) is 1.36. The smallest absolute Gasteiger partial charge is 0.238 e. The zero-order valence-electron chi connectivity index (χ0n) is 9.50. The molecule has 15 heavy (non-hydrogen) atoms. The molecular formula is C12H18N2O. The Labute approximate surface area is 90.6 Å². The number of carbonyl (C=O) groups is 1. The van der Waals surface area contributed by atoms with Crippen molar-refractivity contribution >= 4 is 5.91 Å². The first-order valence-electron chi connectivity index (χ1n) is 5.02. The minimum Gasteiger partial charge on any atom is -0.294 e. The van der Waals surface area contributed by atoms with Crippen LogP contribution in [0.2, 0.25) is 0 Å². The van der Waals surface area contributed by atoms with Gasteiger partial charge in [0.05, 0.1) is 6.42 Å². The second-order valence-corrected chi connectivity index (χ2v) is 4.69. The van der Waals surface area contributed by atoms with Crippen molar-refractivity contribution in [3.63, 3.8) is 0 Å². The first-order valence-corrected chi connectivity index (χ1v) is 5.02. The summed E-state index contributed by atoms with van der Waals surface area (Å²) in [6.45, 7) is 6.48. The summed E-state index contributed by atoms with van der Waals surface area (Å²) in [4.78, 5) is 11.0. The van der Waals surface area contributed by atoms with Crippen LogP contribution in [0.5, 0.6) is 0 Å². The SMILES string of the molecule is CC(C)(C)c1ccc(CC(=O)NN)cc1. The molecule has 0 atom stereocenters. The number of rotatable bonds is 2. The Kier molecular flexibility index (Phi) is 3.48. The summed E-state index contributed by atoms with van der Waals surface area (Å²) in [5.41, 5.74) is 4.51. The number of amides is 1. The summed E-state index contributed by atoms with van der Waals surface area (Å²) in [7, 11) is 0. The van der Waals surface area contributed by atoms with Crippen molar-refractivity contribution in [1.82, 2.24) is 5.43 Å². The average molecular weight is 206 g/mol. The Balaban J connectivity index is 2.77. The summed E-state index contributed by atoms with van der Waals surface area (Å²) in [5, 5.41) is 0. The molecule has 0 fully saturated rings. The molecule has 0 aliphatic heterocycles. The van der Waals surface area contributed by atoms with Crippen molar-refractivity contribution in [1.29, 1.82) is 0 Å². The maximum atomic E-state index is 11.0. The highest BCUT2D eigenvalue weighted by molar-refractivity contribution is 5.77. The normalized spacial score (nSPS) is 11.2. The van der Waals surface area contributed by atoms with Crippen LogP contribution in [-0.4, -0.2) is 5.91 Å². The first kappa shape index (κ1) is 11.7. The molecule has 0 radical (unpaired) electrons. The van der Waals surface area contributed by atoms with Crippen molar-refractivity contribution in [3.05, 3.63) is 35.4 Å². The van der Waals surface area contributed by atoms with Gasteiger partial charge in [-0.15, -0.1) is 0 Å². The van der Waals surface area contributed by atoms with Gasteiger partial charge >= 0.3 is 0 Å². The number of benzene rings is 1. The first-order chi connectivity index (χ1) is 6.93. The van der Waals surface area contributed by atoms with Crippen LogP contribution in [0.25, 0.3) is 0 Å². The second kappa shape index (κ2) is 4.45. The van der Waals surface area contributed by atoms with E-state index in [4.69, 9.17) is 5.84 Å². The Bertz CT molecular complexity index is 336. The monoisotopic (exact) mass is 206 g/mol. The summed E-state index contributed by atoms with van der Waals surface area (Å²) in [5.74, 6) is 4.85. The predicted molar refractivity (Wildman–Crippen MR) is 61.2 cm³/mol. The summed E-state index contributed by atoms with van der Waals surface area (Å²) in [6, 6.07) is 8.05. The fraction of sp³-hybridized carbons (Fsp3) is 0.417. The highest BCUT2D eigenvalue weighted by atomic mass is 16.2. The molecule has 0 aromatic heterocycles. The third-order valence-electron chi connectivity index (χ3n) is 2.35. The van der Waals surface area contributed by atoms with Gasteiger partial charge in [-0.3, -0.25) is 10.2 Å². The lowest BCUT2D eigenvalue weighted by atomic mass is 9.86. The van der Waals surface area contributed by atoms with Crippen molar-refractivity contribution in [3.8, 4) is 0 Å². The lowest BCUT2D eigenvalue weighted by Gasteiger charge is -2.19. The lowest BCUT2D eigenvalue weighted by Crippen LogP contribution is -2.31. The molecule has 0 aliphatic carbocycles. The van der Waals surface area contributed by atoms with E-state index in [0.717, 1.165) is 5.56 Å². The van der Waals surface area contributed by atoms with Crippen molar-refractivity contribution < 1.29 is 4.79 Å². The van der Waals surface area contributed by atoms with Gasteiger partial charge < -0.3 is 0 Å². The summed E-state index contributed by atoms with van der Waals surface area (Å²) >= 11 is 0. The Morgan fingerprint density at radius 3 is 2.20 bits per heavy atom. The molecule has 1 rings (SSSR count). The van der Waals surface area contributed by atoms with E-state index < -0.39 is 0 Å². The molecule has 0 bridgehead atoms. The molecule has 82 valence electrons. The second-order valence-electron chi connectivity index (χ2n) is 4.69. The van der Waals surface area contributed by atoms with Crippen molar-refractivity contribution in [2.24, 2.45) is 5.84 Å². The number of hydrazine groups is 1. The quantitative estimate of drug-likeness (QED) is 0.438. The maximum Gasteiger partial charge on any atom is 0.238 e. The Morgan fingerprint density at radius 1 is 1.27 bits per heavy atom. The number of nitrogens with two attached hydrogens (primary N) is 1. The molecular weight excluding hydrogens is 188 g/mol. The zero-order chi connectivity index (χ0) is 11.5. The Hall–Kier alpha value is -1.35. The highest BCUT2D eigenvalue weighted by Crippen LogP contribution is 2.22. The van der Waals surface area contributed by atoms with Gasteiger partial charge in [0.1, 0.15) is 0 Å². The topological polar surface area (TPSA) is 55.1 Å². The molecule has 0 heterocycles. The predicted octanol–water partition coefficient (Wildman–Crippen LogP) is 1.52. The lowest BCUT2D eigenvalue weighted by molar-refractivity contribution is -0.120. The van der Waals surface area contributed by atoms with Crippen LogP contribution >= 0.6 is 0 Å². The van der Waals surface area contributed by atoms with E-state index in [1.165, 1.54) is 5.56 Å². The van der Waals surface area contributed by atoms with E-state index in [-0.39, 0.29) is 11.3 Å². The van der Waals surface area contributed by atoms with Crippen LogP contribution in [0.3, 0.4) is 0 Å². The molecule has 0 saturated carbocycles. The number of nitrogens with one attached hydrogen (secondary N) is 1. The molecule has 3 N–H and O–H groups in total. The van der Waals surface area contributed by atoms with Crippen LogP contribution in [0.1, 0.15) is 31.9 Å². The van der Waals surface area contributed by atoms with Crippen LogP contribution in [-0.2, 0) is 16.6 Å². The van der Waals surface area contributed by atoms with Gasteiger partial charge in [0, 0.05) is 0 Å².